The molecular formula is C11H15ClF2N2O2S. The Morgan fingerprint density at radius 2 is 1.84 bits per heavy atom. The zero-order valence-electron chi connectivity index (χ0n) is 10.3. The van der Waals surface area contributed by atoms with Crippen molar-refractivity contribution in [2.24, 2.45) is 0 Å². The first-order chi connectivity index (χ1) is 8.41. The van der Waals surface area contributed by atoms with Crippen LogP contribution in [0.5, 0.6) is 0 Å². The number of sulfonamides is 1. The van der Waals surface area contributed by atoms with Gasteiger partial charge in [0.1, 0.15) is 11.6 Å². The van der Waals surface area contributed by atoms with E-state index in [1.54, 1.807) is 6.92 Å². The summed E-state index contributed by atoms with van der Waals surface area (Å²) < 4.78 is 52.0. The summed E-state index contributed by atoms with van der Waals surface area (Å²) >= 11 is 0. The third-order valence-corrected chi connectivity index (χ3v) is 4.87. The number of piperazine rings is 1. The molecule has 1 aromatic rings. The second kappa shape index (κ2) is 6.13. The Bertz CT molecular complexity index is 533. The molecule has 1 N–H and O–H groups in total. The highest BCUT2D eigenvalue weighted by molar-refractivity contribution is 7.89. The number of nitrogens with zero attached hydrogens (tertiary/aromatic N) is 1. The van der Waals surface area contributed by atoms with Crippen LogP contribution in [0.1, 0.15) is 6.92 Å². The Kier molecular flexibility index (Phi) is 5.26. The predicted molar refractivity (Wildman–Crippen MR) is 69.8 cm³/mol. The standard InChI is InChI=1S/C11H14F2N2O2S.ClH/c1-8-7-14-2-3-15(8)18(16,17)11-5-9(12)4-10(13)6-11;/h4-6,8,14H,2-3,7H2,1H3;1H/t8-;/m1./s1. The fraction of sp³-hybridized carbons (Fsp3) is 0.455. The normalized spacial score (nSPS) is 20.9. The first kappa shape index (κ1) is 16.3. The minimum Gasteiger partial charge on any atom is -0.314 e. The summed E-state index contributed by atoms with van der Waals surface area (Å²) in [6.45, 7) is 3.10. The van der Waals surface area contributed by atoms with Crippen LogP contribution >= 0.6 is 12.4 Å². The van der Waals surface area contributed by atoms with E-state index < -0.39 is 21.7 Å². The maximum Gasteiger partial charge on any atom is 0.243 e. The van der Waals surface area contributed by atoms with E-state index in [1.807, 2.05) is 0 Å². The van der Waals surface area contributed by atoms with Gasteiger partial charge in [0.2, 0.25) is 10.0 Å². The maximum atomic E-state index is 13.1. The monoisotopic (exact) mass is 312 g/mol. The first-order valence-electron chi connectivity index (χ1n) is 5.60. The molecule has 0 unspecified atom stereocenters. The quantitative estimate of drug-likeness (QED) is 0.897. The van der Waals surface area contributed by atoms with Gasteiger partial charge in [0, 0.05) is 31.7 Å². The highest BCUT2D eigenvalue weighted by atomic mass is 35.5. The van der Waals surface area contributed by atoms with Crippen LogP contribution in [0.3, 0.4) is 0 Å². The SMILES string of the molecule is C[C@@H]1CNCCN1S(=O)(=O)c1cc(F)cc(F)c1.Cl. The third-order valence-electron chi connectivity index (χ3n) is 2.88. The van der Waals surface area contributed by atoms with E-state index in [0.29, 0.717) is 25.7 Å². The molecule has 0 aliphatic carbocycles. The van der Waals surface area contributed by atoms with E-state index in [9.17, 15) is 17.2 Å². The van der Waals surface area contributed by atoms with Gasteiger partial charge in [0.25, 0.3) is 0 Å². The van der Waals surface area contributed by atoms with E-state index >= 15 is 0 Å². The molecule has 1 saturated heterocycles. The lowest BCUT2D eigenvalue weighted by Crippen LogP contribution is -2.52. The van der Waals surface area contributed by atoms with Gasteiger partial charge in [-0.15, -0.1) is 12.4 Å². The van der Waals surface area contributed by atoms with Crippen LogP contribution in [-0.4, -0.2) is 38.4 Å². The highest BCUT2D eigenvalue weighted by Crippen LogP contribution is 2.21. The number of rotatable bonds is 2. The predicted octanol–water partition coefficient (Wildman–Crippen LogP) is 1.37. The average molecular weight is 313 g/mol. The molecule has 1 atom stereocenters. The minimum atomic E-state index is -3.84. The van der Waals surface area contributed by atoms with Crippen LogP contribution in [0.15, 0.2) is 23.1 Å². The molecule has 1 aliphatic rings. The molecule has 0 spiro atoms. The summed E-state index contributed by atoms with van der Waals surface area (Å²) in [5, 5.41) is 3.06. The lowest BCUT2D eigenvalue weighted by molar-refractivity contribution is 0.283. The molecule has 8 heteroatoms. The van der Waals surface area contributed by atoms with E-state index in [4.69, 9.17) is 0 Å². The van der Waals surface area contributed by atoms with E-state index in [2.05, 4.69) is 5.32 Å². The van der Waals surface area contributed by atoms with Gasteiger partial charge in [-0.1, -0.05) is 0 Å². The summed E-state index contributed by atoms with van der Waals surface area (Å²) in [6, 6.07) is 2.09. The molecule has 0 amide bonds. The van der Waals surface area contributed by atoms with E-state index in [0.717, 1.165) is 12.1 Å². The Morgan fingerprint density at radius 3 is 2.37 bits per heavy atom. The smallest absolute Gasteiger partial charge is 0.243 e. The summed E-state index contributed by atoms with van der Waals surface area (Å²) in [7, 11) is -3.84. The molecule has 0 aromatic heterocycles. The fourth-order valence-electron chi connectivity index (χ4n) is 1.99. The Labute approximate surface area is 117 Å². The fourth-order valence-corrected chi connectivity index (χ4v) is 3.67. The van der Waals surface area contributed by atoms with Gasteiger partial charge in [-0.05, 0) is 19.1 Å². The molecule has 1 heterocycles. The molecule has 1 aromatic carbocycles. The van der Waals surface area contributed by atoms with Crippen molar-refractivity contribution < 1.29 is 17.2 Å². The van der Waals surface area contributed by atoms with Crippen LogP contribution in [0, 0.1) is 11.6 Å². The Morgan fingerprint density at radius 1 is 1.26 bits per heavy atom. The van der Waals surface area contributed by atoms with Crippen molar-refractivity contribution in [3.05, 3.63) is 29.8 Å². The van der Waals surface area contributed by atoms with Crippen molar-refractivity contribution in [1.29, 1.82) is 0 Å². The number of nitrogens with one attached hydrogen (secondary N) is 1. The molecule has 4 nitrogen and oxygen atoms in total. The molecule has 0 bridgehead atoms. The van der Waals surface area contributed by atoms with Crippen molar-refractivity contribution in [3.8, 4) is 0 Å². The number of halogens is 3. The number of hydrogen-bond acceptors (Lipinski definition) is 3. The van der Waals surface area contributed by atoms with E-state index in [-0.39, 0.29) is 23.3 Å². The maximum absolute atomic E-state index is 13.1. The minimum absolute atomic E-state index is 0. The third kappa shape index (κ3) is 3.42. The second-order valence-corrected chi connectivity index (χ2v) is 6.16. The lowest BCUT2D eigenvalue weighted by atomic mass is 10.3. The lowest BCUT2D eigenvalue weighted by Gasteiger charge is -2.32. The zero-order valence-corrected chi connectivity index (χ0v) is 11.9. The summed E-state index contributed by atoms with van der Waals surface area (Å²) in [5.74, 6) is -1.78. The van der Waals surface area contributed by atoms with Crippen LogP contribution in [0.4, 0.5) is 8.78 Å². The molecule has 108 valence electrons. The summed E-state index contributed by atoms with van der Waals surface area (Å²) in [6.07, 6.45) is 0. The van der Waals surface area contributed by atoms with Crippen LogP contribution in [0.2, 0.25) is 0 Å². The van der Waals surface area contributed by atoms with Crippen molar-refractivity contribution >= 4 is 22.4 Å². The van der Waals surface area contributed by atoms with Gasteiger partial charge in [-0.3, -0.25) is 0 Å². The summed E-state index contributed by atoms with van der Waals surface area (Å²) in [4.78, 5) is -0.339. The van der Waals surface area contributed by atoms with Gasteiger partial charge < -0.3 is 5.32 Å². The van der Waals surface area contributed by atoms with Gasteiger partial charge in [0.15, 0.2) is 0 Å². The largest absolute Gasteiger partial charge is 0.314 e. The van der Waals surface area contributed by atoms with Crippen LogP contribution in [0.25, 0.3) is 0 Å². The zero-order chi connectivity index (χ0) is 13.3. The van der Waals surface area contributed by atoms with Gasteiger partial charge in [0.05, 0.1) is 4.90 Å². The molecule has 1 aliphatic heterocycles. The molecule has 0 radical (unpaired) electrons. The topological polar surface area (TPSA) is 49.4 Å². The number of benzene rings is 1. The number of hydrogen-bond donors (Lipinski definition) is 1. The molecular weight excluding hydrogens is 298 g/mol. The van der Waals surface area contributed by atoms with Crippen LogP contribution < -0.4 is 5.32 Å². The Balaban J connectivity index is 0.00000180. The molecule has 19 heavy (non-hydrogen) atoms. The van der Waals surface area contributed by atoms with Crippen molar-refractivity contribution in [2.45, 2.75) is 17.9 Å². The van der Waals surface area contributed by atoms with Crippen molar-refractivity contribution in [1.82, 2.24) is 9.62 Å². The molecule has 2 rings (SSSR count). The highest BCUT2D eigenvalue weighted by Gasteiger charge is 2.31. The molecule has 0 saturated carbocycles. The van der Waals surface area contributed by atoms with Gasteiger partial charge in [-0.2, -0.15) is 4.31 Å². The first-order valence-corrected chi connectivity index (χ1v) is 7.04. The van der Waals surface area contributed by atoms with Gasteiger partial charge in [-0.25, -0.2) is 17.2 Å². The average Bonchev–Trinajstić information content (AvgIpc) is 2.28. The van der Waals surface area contributed by atoms with Crippen molar-refractivity contribution in [3.63, 3.8) is 0 Å². The second-order valence-electron chi connectivity index (χ2n) is 4.27. The van der Waals surface area contributed by atoms with Crippen LogP contribution in [-0.2, 0) is 10.0 Å². The molecule has 1 fully saturated rings. The summed E-state index contributed by atoms with van der Waals surface area (Å²) in [5.41, 5.74) is 0. The van der Waals surface area contributed by atoms with Gasteiger partial charge >= 0.3 is 0 Å². The van der Waals surface area contributed by atoms with E-state index in [1.165, 1.54) is 4.31 Å². The van der Waals surface area contributed by atoms with Crippen molar-refractivity contribution in [2.75, 3.05) is 19.6 Å². The Hall–Kier alpha value is -0.760.